The Morgan fingerprint density at radius 3 is 2.93 bits per heavy atom. The van der Waals surface area contributed by atoms with E-state index in [1.165, 1.54) is 6.33 Å². The van der Waals surface area contributed by atoms with E-state index in [0.29, 0.717) is 31.3 Å². The second kappa shape index (κ2) is 9.15. The number of amides is 1. The quantitative estimate of drug-likeness (QED) is 0.669. The molecule has 1 amide bonds. The van der Waals surface area contributed by atoms with Crippen LogP contribution >= 0.6 is 7.14 Å². The number of hydrogen-bond donors (Lipinski definition) is 1. The predicted octanol–water partition coefficient (Wildman–Crippen LogP) is 2.64. The van der Waals surface area contributed by atoms with E-state index in [0.717, 1.165) is 23.3 Å². The van der Waals surface area contributed by atoms with Gasteiger partial charge in [0.15, 0.2) is 0 Å². The van der Waals surface area contributed by atoms with E-state index in [9.17, 15) is 9.36 Å². The Morgan fingerprint density at radius 2 is 2.23 bits per heavy atom. The van der Waals surface area contributed by atoms with Gasteiger partial charge < -0.3 is 24.1 Å². The van der Waals surface area contributed by atoms with Crippen LogP contribution in [0.3, 0.4) is 0 Å². The summed E-state index contributed by atoms with van der Waals surface area (Å²) in [5.74, 6) is 1.03. The second-order valence-electron chi connectivity index (χ2n) is 8.42. The lowest BCUT2D eigenvalue weighted by atomic mass is 9.92. The summed E-state index contributed by atoms with van der Waals surface area (Å²) in [6, 6.07) is 3.99. The van der Waals surface area contributed by atoms with Gasteiger partial charge in [-0.05, 0) is 31.7 Å². The molecule has 3 heterocycles. The molecule has 1 aliphatic heterocycles. The summed E-state index contributed by atoms with van der Waals surface area (Å²) in [5, 5.41) is 9.72. The number of rotatable bonds is 7. The number of nitrogens with one attached hydrogen (secondary N) is 1. The van der Waals surface area contributed by atoms with Crippen molar-refractivity contribution in [2.75, 3.05) is 44.7 Å². The van der Waals surface area contributed by atoms with Gasteiger partial charge in [-0.2, -0.15) is 5.26 Å². The SMILES string of the molecule is CC1CCN(C(=O)CC#N)CC1N(C)c1ncnc2[nH]c(COCP(C)(C)=O)cc12. The number of carbonyl (C=O) groups is 1. The summed E-state index contributed by atoms with van der Waals surface area (Å²) in [6.07, 6.45) is 2.54. The lowest BCUT2D eigenvalue weighted by molar-refractivity contribution is -0.131. The van der Waals surface area contributed by atoms with Crippen LogP contribution in [0.1, 0.15) is 25.5 Å². The molecule has 2 atom stereocenters. The first kappa shape index (κ1) is 22.3. The normalized spacial score (nSPS) is 19.6. The van der Waals surface area contributed by atoms with Crippen molar-refractivity contribution in [1.29, 1.82) is 5.26 Å². The highest BCUT2D eigenvalue weighted by Gasteiger charge is 2.32. The number of anilines is 1. The van der Waals surface area contributed by atoms with E-state index < -0.39 is 7.14 Å². The van der Waals surface area contributed by atoms with Crippen LogP contribution < -0.4 is 4.90 Å². The number of piperidine rings is 1. The number of likely N-dealkylation sites (tertiary alicyclic amines) is 1. The fourth-order valence-electron chi connectivity index (χ4n) is 3.83. The fourth-order valence-corrected chi connectivity index (χ4v) is 4.36. The topological polar surface area (TPSA) is 115 Å². The van der Waals surface area contributed by atoms with Gasteiger partial charge in [0.05, 0.1) is 30.5 Å². The minimum atomic E-state index is -2.23. The molecular weight excluding hydrogens is 403 g/mol. The highest BCUT2D eigenvalue weighted by molar-refractivity contribution is 7.62. The Hall–Kier alpha value is -2.43. The summed E-state index contributed by atoms with van der Waals surface area (Å²) in [5.41, 5.74) is 1.55. The maximum Gasteiger partial charge on any atom is 0.236 e. The summed E-state index contributed by atoms with van der Waals surface area (Å²) >= 11 is 0. The molecule has 0 bridgehead atoms. The van der Waals surface area contributed by atoms with Crippen LogP contribution in [0.15, 0.2) is 12.4 Å². The Kier molecular flexibility index (Phi) is 6.79. The second-order valence-corrected chi connectivity index (χ2v) is 11.8. The van der Waals surface area contributed by atoms with E-state index in [1.54, 1.807) is 18.2 Å². The van der Waals surface area contributed by atoms with Gasteiger partial charge >= 0.3 is 0 Å². The standard InChI is InChI=1S/C20H29N6O3P/c1-14-6-8-26(18(27)5-7-21)10-17(14)25(2)20-16-9-15(11-29-13-30(3,4)28)24-19(16)22-12-23-20/h9,12,14,17H,5-6,8,10-11,13H2,1-4H3,(H,22,23,24). The number of fused-ring (bicyclic) bond motifs is 1. The molecule has 1 saturated heterocycles. The van der Waals surface area contributed by atoms with Crippen LogP contribution in [0.25, 0.3) is 11.0 Å². The van der Waals surface area contributed by atoms with Gasteiger partial charge in [0.1, 0.15) is 31.4 Å². The van der Waals surface area contributed by atoms with Gasteiger partial charge in [-0.1, -0.05) is 6.92 Å². The van der Waals surface area contributed by atoms with Crippen molar-refractivity contribution >= 4 is 29.9 Å². The molecule has 2 aromatic heterocycles. The van der Waals surface area contributed by atoms with Crippen molar-refractivity contribution in [1.82, 2.24) is 19.9 Å². The van der Waals surface area contributed by atoms with Gasteiger partial charge in [-0.25, -0.2) is 9.97 Å². The molecular formula is C20H29N6O3P. The maximum absolute atomic E-state index is 12.2. The zero-order valence-electron chi connectivity index (χ0n) is 18.0. The Bertz CT molecular complexity index is 994. The average Bonchev–Trinajstić information content (AvgIpc) is 3.09. The van der Waals surface area contributed by atoms with Gasteiger partial charge in [-0.3, -0.25) is 4.79 Å². The summed E-state index contributed by atoms with van der Waals surface area (Å²) in [4.78, 5) is 28.2. The third-order valence-electron chi connectivity index (χ3n) is 5.45. The van der Waals surface area contributed by atoms with Gasteiger partial charge in [0.25, 0.3) is 0 Å². The minimum Gasteiger partial charge on any atom is -0.368 e. The number of aromatic nitrogens is 3. The smallest absolute Gasteiger partial charge is 0.236 e. The van der Waals surface area contributed by atoms with Crippen molar-refractivity contribution in [3.05, 3.63) is 18.1 Å². The zero-order valence-corrected chi connectivity index (χ0v) is 18.9. The molecule has 0 spiro atoms. The molecule has 162 valence electrons. The van der Waals surface area contributed by atoms with Crippen LogP contribution in [0.2, 0.25) is 0 Å². The van der Waals surface area contributed by atoms with Crippen LogP contribution in [-0.2, 0) is 20.7 Å². The first-order valence-corrected chi connectivity index (χ1v) is 12.8. The minimum absolute atomic E-state index is 0.0835. The lowest BCUT2D eigenvalue weighted by Crippen LogP contribution is -2.52. The summed E-state index contributed by atoms with van der Waals surface area (Å²) in [6.45, 7) is 7.14. The fraction of sp³-hybridized carbons (Fsp3) is 0.600. The molecule has 3 rings (SSSR count). The highest BCUT2D eigenvalue weighted by Crippen LogP contribution is 2.36. The number of likely N-dealkylation sites (N-methyl/N-ethyl adjacent to an activating group) is 1. The Morgan fingerprint density at radius 1 is 1.47 bits per heavy atom. The molecule has 9 nitrogen and oxygen atoms in total. The van der Waals surface area contributed by atoms with E-state index in [4.69, 9.17) is 10.00 Å². The molecule has 1 aliphatic rings. The number of aromatic amines is 1. The number of nitrogens with zero attached hydrogens (tertiary/aromatic N) is 5. The van der Waals surface area contributed by atoms with Crippen LogP contribution in [0.4, 0.5) is 5.82 Å². The molecule has 0 aromatic carbocycles. The summed E-state index contributed by atoms with van der Waals surface area (Å²) in [7, 11) is -0.251. The zero-order chi connectivity index (χ0) is 21.9. The monoisotopic (exact) mass is 432 g/mol. The van der Waals surface area contributed by atoms with E-state index in [2.05, 4.69) is 26.8 Å². The first-order valence-electron chi connectivity index (χ1n) is 10.0. The third kappa shape index (κ3) is 5.18. The van der Waals surface area contributed by atoms with Gasteiger partial charge in [-0.15, -0.1) is 0 Å². The Balaban J connectivity index is 1.80. The first-order chi connectivity index (χ1) is 14.2. The average molecular weight is 432 g/mol. The number of hydrogen-bond acceptors (Lipinski definition) is 7. The predicted molar refractivity (Wildman–Crippen MR) is 116 cm³/mol. The molecule has 0 aliphatic carbocycles. The number of nitriles is 1. The van der Waals surface area contributed by atoms with Crippen molar-refractivity contribution in [2.24, 2.45) is 5.92 Å². The molecule has 0 radical (unpaired) electrons. The van der Waals surface area contributed by atoms with Crippen molar-refractivity contribution < 1.29 is 14.1 Å². The number of H-pyrrole nitrogens is 1. The van der Waals surface area contributed by atoms with Crippen LogP contribution in [0, 0.1) is 17.2 Å². The Labute approximate surface area is 176 Å². The van der Waals surface area contributed by atoms with E-state index in [1.807, 2.05) is 19.2 Å². The summed E-state index contributed by atoms with van der Waals surface area (Å²) < 4.78 is 17.4. The molecule has 0 saturated carbocycles. The van der Waals surface area contributed by atoms with Crippen molar-refractivity contribution in [3.63, 3.8) is 0 Å². The van der Waals surface area contributed by atoms with Gasteiger partial charge in [0.2, 0.25) is 5.91 Å². The van der Waals surface area contributed by atoms with Crippen LogP contribution in [-0.4, -0.2) is 71.6 Å². The van der Waals surface area contributed by atoms with Crippen molar-refractivity contribution in [3.8, 4) is 6.07 Å². The lowest BCUT2D eigenvalue weighted by Gasteiger charge is -2.42. The number of carbonyl (C=O) groups excluding carboxylic acids is 1. The molecule has 2 unspecified atom stereocenters. The largest absolute Gasteiger partial charge is 0.368 e. The molecule has 2 aromatic rings. The van der Waals surface area contributed by atoms with E-state index in [-0.39, 0.29) is 24.7 Å². The maximum atomic E-state index is 12.2. The molecule has 1 fully saturated rings. The van der Waals surface area contributed by atoms with Gasteiger partial charge in [0, 0.05) is 25.8 Å². The molecule has 1 N–H and O–H groups in total. The van der Waals surface area contributed by atoms with Crippen molar-refractivity contribution in [2.45, 2.75) is 32.4 Å². The highest BCUT2D eigenvalue weighted by atomic mass is 31.2. The van der Waals surface area contributed by atoms with Crippen LogP contribution in [0.5, 0.6) is 0 Å². The van der Waals surface area contributed by atoms with E-state index >= 15 is 0 Å². The third-order valence-corrected chi connectivity index (χ3v) is 6.26. The number of ether oxygens (including phenoxy) is 1. The molecule has 10 heteroatoms. The molecule has 30 heavy (non-hydrogen) atoms.